The predicted molar refractivity (Wildman–Crippen MR) is 297 cm³/mol. The number of hydrogen-bond donors (Lipinski definition) is 0. The van der Waals surface area contributed by atoms with Gasteiger partial charge in [0.15, 0.2) is 0 Å². The molecule has 0 nitrogen and oxygen atoms in total. The van der Waals surface area contributed by atoms with Crippen LogP contribution in [0.5, 0.6) is 0 Å². The highest BCUT2D eigenvalue weighted by Crippen LogP contribution is 2.55. The molecule has 10 aromatic rings. The summed E-state index contributed by atoms with van der Waals surface area (Å²) in [5, 5.41) is 10.5. The molecule has 0 atom stereocenters. The van der Waals surface area contributed by atoms with Crippen LogP contribution in [0, 0.1) is 0 Å². The van der Waals surface area contributed by atoms with Crippen molar-refractivity contribution >= 4 is 84.0 Å². The largest absolute Gasteiger partial charge is 0.241 e. The Balaban J connectivity index is 0.000000139. The maximum Gasteiger partial charge on any atom is 0.241 e. The van der Waals surface area contributed by atoms with Gasteiger partial charge in [-0.3, -0.25) is 0 Å². The summed E-state index contributed by atoms with van der Waals surface area (Å²) in [5.74, 6) is 0. The first-order chi connectivity index (χ1) is 32.7. The van der Waals surface area contributed by atoms with Crippen molar-refractivity contribution in [2.24, 2.45) is 0 Å². The lowest BCUT2D eigenvalue weighted by atomic mass is 9.37. The van der Waals surface area contributed by atoms with Crippen LogP contribution >= 0.6 is 23.8 Å². The molecule has 320 valence electrons. The Kier molecular flexibility index (Phi) is 17.3. The fraction of sp³-hybridized carbons (Fsp3) is 0.0323. The van der Waals surface area contributed by atoms with Crippen molar-refractivity contribution in [2.75, 3.05) is 0 Å². The molecule has 0 bridgehead atoms. The number of hydrogen-bond acceptors (Lipinski definition) is 0. The van der Waals surface area contributed by atoms with Gasteiger partial charge in [-0.05, 0) is 60.9 Å². The molecular formula is C62H54BP3. The summed E-state index contributed by atoms with van der Waals surface area (Å²) < 4.78 is 0. The van der Waals surface area contributed by atoms with E-state index in [1.54, 1.807) is 0 Å². The molecule has 0 saturated heterocycles. The quantitative estimate of drug-likeness (QED) is 0.0847. The van der Waals surface area contributed by atoms with Gasteiger partial charge >= 0.3 is 0 Å². The van der Waals surface area contributed by atoms with Crippen LogP contribution < -0.4 is 53.5 Å². The SMILES string of the molecule is CC(P(c1ccccc1)c1ccccc1)P(c1ccccc1)c1ccccc1.c1ccc(B(c2ccccc2)c2ccccc2)cc1.c1ccc(P(c2ccccc2)c2ccccc2)cc1. The number of benzene rings is 10. The molecule has 10 aromatic carbocycles. The lowest BCUT2D eigenvalue weighted by molar-refractivity contribution is 1.38. The van der Waals surface area contributed by atoms with E-state index in [1.165, 1.54) is 53.5 Å². The van der Waals surface area contributed by atoms with Crippen LogP contribution in [0.4, 0.5) is 0 Å². The lowest BCUT2D eigenvalue weighted by Gasteiger charge is -2.33. The topological polar surface area (TPSA) is 0 Å². The monoisotopic (exact) mass is 902 g/mol. The van der Waals surface area contributed by atoms with Crippen molar-refractivity contribution < 1.29 is 0 Å². The highest BCUT2D eigenvalue weighted by Gasteiger charge is 2.30. The Morgan fingerprint density at radius 3 is 0.591 bits per heavy atom. The molecular weight excluding hydrogens is 848 g/mol. The van der Waals surface area contributed by atoms with Crippen molar-refractivity contribution in [2.45, 2.75) is 12.3 Å². The molecule has 0 fully saturated rings. The van der Waals surface area contributed by atoms with E-state index >= 15 is 0 Å². The van der Waals surface area contributed by atoms with E-state index in [2.05, 4.69) is 310 Å². The van der Waals surface area contributed by atoms with E-state index in [-0.39, 0.29) is 0 Å². The van der Waals surface area contributed by atoms with E-state index in [9.17, 15) is 0 Å². The van der Waals surface area contributed by atoms with Crippen LogP contribution in [0.3, 0.4) is 0 Å². The molecule has 10 rings (SSSR count). The highest BCUT2D eigenvalue weighted by molar-refractivity contribution is 7.89. The maximum atomic E-state index is 2.46. The second-order valence-corrected chi connectivity index (χ2v) is 23.4. The Morgan fingerprint density at radius 1 is 0.227 bits per heavy atom. The summed E-state index contributed by atoms with van der Waals surface area (Å²) in [6.07, 6.45) is 0. The van der Waals surface area contributed by atoms with E-state index in [0.29, 0.717) is 12.1 Å². The minimum Gasteiger partial charge on any atom is -0.0687 e. The van der Waals surface area contributed by atoms with Crippen molar-refractivity contribution in [1.29, 1.82) is 0 Å². The fourth-order valence-electron chi connectivity index (χ4n) is 8.32. The van der Waals surface area contributed by atoms with Crippen LogP contribution in [0.25, 0.3) is 0 Å². The van der Waals surface area contributed by atoms with E-state index in [0.717, 1.165) is 0 Å². The third-order valence-corrected chi connectivity index (χ3v) is 20.1. The van der Waals surface area contributed by atoms with Gasteiger partial charge in [0.25, 0.3) is 0 Å². The molecule has 0 aromatic heterocycles. The van der Waals surface area contributed by atoms with Gasteiger partial charge < -0.3 is 0 Å². The molecule has 0 N–H and O–H groups in total. The lowest BCUT2D eigenvalue weighted by Crippen LogP contribution is -2.51. The molecule has 0 aliphatic carbocycles. The van der Waals surface area contributed by atoms with Gasteiger partial charge in [-0.15, -0.1) is 0 Å². The molecule has 0 amide bonds. The van der Waals surface area contributed by atoms with Gasteiger partial charge in [-0.25, -0.2) is 0 Å². The van der Waals surface area contributed by atoms with Gasteiger partial charge in [-0.1, -0.05) is 327 Å². The summed E-state index contributed by atoms with van der Waals surface area (Å²) in [6.45, 7) is 2.76. The Bertz CT molecular complexity index is 2370. The first-order valence-corrected chi connectivity index (χ1v) is 26.8. The third-order valence-electron chi connectivity index (χ3n) is 11.3. The first kappa shape index (κ1) is 46.1. The van der Waals surface area contributed by atoms with Crippen LogP contribution in [0.2, 0.25) is 0 Å². The molecule has 0 aliphatic heterocycles. The van der Waals surface area contributed by atoms with Gasteiger partial charge in [0, 0.05) is 5.40 Å². The van der Waals surface area contributed by atoms with Crippen LogP contribution in [-0.2, 0) is 0 Å². The first-order valence-electron chi connectivity index (χ1n) is 22.6. The van der Waals surface area contributed by atoms with Crippen molar-refractivity contribution in [3.05, 3.63) is 303 Å². The van der Waals surface area contributed by atoms with Gasteiger partial charge in [-0.2, -0.15) is 0 Å². The van der Waals surface area contributed by atoms with Crippen molar-refractivity contribution in [3.8, 4) is 0 Å². The van der Waals surface area contributed by atoms with Gasteiger partial charge in [0.2, 0.25) is 6.71 Å². The van der Waals surface area contributed by atoms with Crippen molar-refractivity contribution in [3.63, 3.8) is 0 Å². The molecule has 0 radical (unpaired) electrons. The highest BCUT2D eigenvalue weighted by atomic mass is 31.2. The zero-order valence-corrected chi connectivity index (χ0v) is 40.0. The molecule has 0 unspecified atom stereocenters. The molecule has 0 spiro atoms. The Hall–Kier alpha value is -6.45. The minimum atomic E-state index is -0.470. The summed E-state index contributed by atoms with van der Waals surface area (Å²) in [6, 6.07) is 109. The molecule has 4 heteroatoms. The average Bonchev–Trinajstić information content (AvgIpc) is 3.40. The number of rotatable bonds is 12. The molecule has 66 heavy (non-hydrogen) atoms. The predicted octanol–water partition coefficient (Wildman–Crippen LogP) is 11.2. The third kappa shape index (κ3) is 12.5. The van der Waals surface area contributed by atoms with E-state index in [1.807, 2.05) is 0 Å². The second kappa shape index (κ2) is 24.7. The standard InChI is InChI=1S/C26H24P2.C18H15B.C18H15P/c1-22(27(23-14-6-2-7-15-23)24-16-8-3-9-17-24)28(25-18-10-4-11-19-25)26-20-12-5-13-21-26;2*1-4-10-16(11-5-1)19(17-12-6-2-7-13-17)18-14-8-3-9-15-18/h2-22H,1H3;2*1-15H. The molecule has 0 saturated carbocycles. The Morgan fingerprint density at radius 2 is 0.394 bits per heavy atom. The van der Waals surface area contributed by atoms with Crippen LogP contribution in [0.15, 0.2) is 303 Å². The van der Waals surface area contributed by atoms with Crippen LogP contribution in [0.1, 0.15) is 6.92 Å². The van der Waals surface area contributed by atoms with Crippen LogP contribution in [-0.4, -0.2) is 12.1 Å². The normalized spacial score (nSPS) is 10.7. The van der Waals surface area contributed by atoms with E-state index < -0.39 is 23.8 Å². The summed E-state index contributed by atoms with van der Waals surface area (Å²) >= 11 is 0. The smallest absolute Gasteiger partial charge is 0.0687 e. The second-order valence-electron chi connectivity index (χ2n) is 15.7. The molecule has 0 aliphatic rings. The zero-order valence-electron chi connectivity index (χ0n) is 37.4. The van der Waals surface area contributed by atoms with Crippen molar-refractivity contribution in [1.82, 2.24) is 0 Å². The summed E-state index contributed by atoms with van der Waals surface area (Å²) in [5.41, 5.74) is 4.00. The summed E-state index contributed by atoms with van der Waals surface area (Å²) in [7, 11) is -1.39. The van der Waals surface area contributed by atoms with Gasteiger partial charge in [0.1, 0.15) is 0 Å². The minimum absolute atomic E-state index is 0.309. The zero-order chi connectivity index (χ0) is 45.0. The summed E-state index contributed by atoms with van der Waals surface area (Å²) in [4.78, 5) is 0. The maximum absolute atomic E-state index is 2.46. The van der Waals surface area contributed by atoms with Gasteiger partial charge in [0.05, 0.1) is 0 Å². The Labute approximate surface area is 397 Å². The molecule has 0 heterocycles. The van der Waals surface area contributed by atoms with E-state index in [4.69, 9.17) is 0 Å². The fourth-order valence-corrected chi connectivity index (χ4v) is 17.4. The average molecular weight is 903 g/mol.